The number of aromatic nitrogens is 2. The van der Waals surface area contributed by atoms with Gasteiger partial charge in [-0.1, -0.05) is 25.1 Å². The van der Waals surface area contributed by atoms with Gasteiger partial charge in [-0.25, -0.2) is 4.39 Å². The van der Waals surface area contributed by atoms with Gasteiger partial charge in [-0.3, -0.25) is 19.5 Å². The highest BCUT2D eigenvalue weighted by molar-refractivity contribution is 6.29. The van der Waals surface area contributed by atoms with Crippen molar-refractivity contribution in [1.29, 1.82) is 0 Å². The number of pyridine rings is 1. The van der Waals surface area contributed by atoms with Crippen molar-refractivity contribution >= 4 is 50.6 Å². The Bertz CT molecular complexity index is 1730. The lowest BCUT2D eigenvalue weighted by atomic mass is 9.73. The fourth-order valence-corrected chi connectivity index (χ4v) is 5.45. The molecule has 184 valence electrons. The minimum atomic E-state index is -1.64. The van der Waals surface area contributed by atoms with Crippen LogP contribution in [-0.4, -0.2) is 28.8 Å². The second-order valence-electron chi connectivity index (χ2n) is 9.07. The minimum Gasteiger partial charge on any atom is -0.495 e. The monoisotopic (exact) mass is 494 g/mol. The van der Waals surface area contributed by atoms with E-state index >= 15 is 0 Å². The Morgan fingerprint density at radius 3 is 2.57 bits per heavy atom. The maximum Gasteiger partial charge on any atom is 0.250 e. The first-order valence-corrected chi connectivity index (χ1v) is 11.9. The number of nitrogens with zero attached hydrogens (tertiary/aromatic N) is 2. The lowest BCUT2D eigenvalue weighted by Crippen LogP contribution is -2.45. The van der Waals surface area contributed by atoms with Crippen molar-refractivity contribution in [1.82, 2.24) is 9.97 Å². The average Bonchev–Trinajstić information content (AvgIpc) is 3.42. The van der Waals surface area contributed by atoms with Gasteiger partial charge in [-0.15, -0.1) is 0 Å². The number of fused-ring (bicyclic) bond motifs is 4. The molecule has 1 aliphatic heterocycles. The second-order valence-corrected chi connectivity index (χ2v) is 9.07. The number of amides is 1. The van der Waals surface area contributed by atoms with E-state index in [2.05, 4.69) is 9.97 Å². The summed E-state index contributed by atoms with van der Waals surface area (Å²) in [7, 11) is 1.48. The summed E-state index contributed by atoms with van der Waals surface area (Å²) in [5.74, 6) is -1.00. The smallest absolute Gasteiger partial charge is 0.250 e. The van der Waals surface area contributed by atoms with E-state index < -0.39 is 22.9 Å². The molecular formula is C29H23FN4O3. The van der Waals surface area contributed by atoms with E-state index in [1.807, 2.05) is 24.3 Å². The van der Waals surface area contributed by atoms with Gasteiger partial charge in [0.05, 0.1) is 30.2 Å². The molecule has 0 radical (unpaired) electrons. The van der Waals surface area contributed by atoms with Crippen LogP contribution in [0.5, 0.6) is 5.75 Å². The molecule has 3 heterocycles. The van der Waals surface area contributed by atoms with Crippen molar-refractivity contribution in [2.75, 3.05) is 17.7 Å². The Morgan fingerprint density at radius 2 is 1.84 bits per heavy atom. The van der Waals surface area contributed by atoms with Crippen LogP contribution < -0.4 is 15.4 Å². The van der Waals surface area contributed by atoms with Gasteiger partial charge in [0.2, 0.25) is 11.7 Å². The number of hydrogen-bond acceptors (Lipinski definition) is 5. The highest BCUT2D eigenvalue weighted by Crippen LogP contribution is 2.53. The van der Waals surface area contributed by atoms with Gasteiger partial charge in [0.15, 0.2) is 0 Å². The zero-order chi connectivity index (χ0) is 25.9. The Hall–Kier alpha value is -4.72. The van der Waals surface area contributed by atoms with Gasteiger partial charge in [0.1, 0.15) is 22.7 Å². The summed E-state index contributed by atoms with van der Waals surface area (Å²) in [6, 6.07) is 18.4. The molecule has 0 spiro atoms. The summed E-state index contributed by atoms with van der Waals surface area (Å²) in [4.78, 5) is 37.8. The molecule has 1 amide bonds. The van der Waals surface area contributed by atoms with Crippen LogP contribution in [0.1, 0.15) is 29.4 Å². The summed E-state index contributed by atoms with van der Waals surface area (Å²) >= 11 is 0. The number of nitrogens with one attached hydrogen (secondary N) is 1. The molecule has 7 nitrogen and oxygen atoms in total. The van der Waals surface area contributed by atoms with Crippen molar-refractivity contribution in [2.45, 2.75) is 18.8 Å². The van der Waals surface area contributed by atoms with E-state index in [1.54, 1.807) is 31.3 Å². The molecule has 1 atom stereocenters. The normalized spacial score (nSPS) is 16.9. The van der Waals surface area contributed by atoms with Crippen LogP contribution in [0.25, 0.3) is 21.8 Å². The van der Waals surface area contributed by atoms with Crippen LogP contribution in [-0.2, 0) is 10.2 Å². The SMILES string of the molecule is CCC1(C(=O)c2cc3c(cn2)[nH]c2ccccc23)C(=O)N(c2ccc(F)cc2)c2ccc(OC)c(N)c21. The fraction of sp³-hybridized carbons (Fsp3) is 0.138. The summed E-state index contributed by atoms with van der Waals surface area (Å²) in [6.45, 7) is 1.77. The number of carbonyl (C=O) groups excluding carboxylic acids is 2. The predicted octanol–water partition coefficient (Wildman–Crippen LogP) is 5.66. The van der Waals surface area contributed by atoms with Gasteiger partial charge in [-0.05, 0) is 55.0 Å². The highest BCUT2D eigenvalue weighted by Gasteiger charge is 2.57. The summed E-state index contributed by atoms with van der Waals surface area (Å²) in [5, 5.41) is 1.78. The number of carbonyl (C=O) groups is 2. The highest BCUT2D eigenvalue weighted by atomic mass is 19.1. The quantitative estimate of drug-likeness (QED) is 0.187. The van der Waals surface area contributed by atoms with E-state index in [4.69, 9.17) is 10.5 Å². The number of rotatable bonds is 5. The molecule has 0 bridgehead atoms. The van der Waals surface area contributed by atoms with Crippen LogP contribution in [0, 0.1) is 5.82 Å². The fourth-order valence-electron chi connectivity index (χ4n) is 5.45. The molecule has 0 saturated carbocycles. The van der Waals surface area contributed by atoms with Crippen molar-refractivity contribution in [3.8, 4) is 5.75 Å². The molecule has 0 aliphatic carbocycles. The van der Waals surface area contributed by atoms with E-state index in [1.165, 1.54) is 36.3 Å². The number of hydrogen-bond donors (Lipinski definition) is 2. The first-order valence-electron chi connectivity index (χ1n) is 11.9. The molecule has 37 heavy (non-hydrogen) atoms. The summed E-state index contributed by atoms with van der Waals surface area (Å²) < 4.78 is 19.1. The van der Waals surface area contributed by atoms with Crippen molar-refractivity contribution in [3.63, 3.8) is 0 Å². The third kappa shape index (κ3) is 3.08. The number of ether oxygens (including phenoxy) is 1. The number of aromatic amines is 1. The molecule has 1 unspecified atom stereocenters. The van der Waals surface area contributed by atoms with Crippen LogP contribution in [0.4, 0.5) is 21.5 Å². The maximum atomic E-state index is 14.4. The number of Topliss-reactive ketones (excluding diaryl/α,β-unsaturated/α-hetero) is 1. The molecule has 3 aromatic carbocycles. The molecular weight excluding hydrogens is 471 g/mol. The Morgan fingerprint density at radius 1 is 1.08 bits per heavy atom. The number of benzene rings is 3. The second kappa shape index (κ2) is 8.16. The molecule has 8 heteroatoms. The van der Waals surface area contributed by atoms with Crippen LogP contribution in [0.2, 0.25) is 0 Å². The van der Waals surface area contributed by atoms with Crippen molar-refractivity contribution in [3.05, 3.63) is 90.0 Å². The molecule has 6 rings (SSSR count). The van der Waals surface area contributed by atoms with Crippen LogP contribution in [0.3, 0.4) is 0 Å². The van der Waals surface area contributed by atoms with Gasteiger partial charge < -0.3 is 15.5 Å². The van der Waals surface area contributed by atoms with E-state index in [-0.39, 0.29) is 17.8 Å². The van der Waals surface area contributed by atoms with Crippen LogP contribution in [0.15, 0.2) is 72.9 Å². The lowest BCUT2D eigenvalue weighted by molar-refractivity contribution is -0.121. The lowest BCUT2D eigenvalue weighted by Gasteiger charge is -2.27. The van der Waals surface area contributed by atoms with E-state index in [0.717, 1.165) is 21.8 Å². The number of nitrogen functional groups attached to an aromatic ring is 1. The van der Waals surface area contributed by atoms with Gasteiger partial charge >= 0.3 is 0 Å². The number of H-pyrrole nitrogens is 1. The van der Waals surface area contributed by atoms with Crippen molar-refractivity contribution in [2.24, 2.45) is 0 Å². The largest absolute Gasteiger partial charge is 0.495 e. The predicted molar refractivity (Wildman–Crippen MR) is 141 cm³/mol. The molecule has 0 fully saturated rings. The minimum absolute atomic E-state index is 0.139. The van der Waals surface area contributed by atoms with Crippen molar-refractivity contribution < 1.29 is 18.7 Å². The summed E-state index contributed by atoms with van der Waals surface area (Å²) in [5.41, 5.74) is 8.23. The average molecular weight is 495 g/mol. The van der Waals surface area contributed by atoms with Gasteiger partial charge in [0.25, 0.3) is 0 Å². The standard InChI is InChI=1S/C29H23FN4O3/c1-3-29(27(35)21-14-19-18-6-4-5-7-20(18)33-22(19)15-32-21)25-23(12-13-24(37-2)26(25)31)34(28(29)36)17-10-8-16(30)9-11-17/h4-15,33H,3,31H2,1-2H3. The molecule has 3 N–H and O–H groups in total. The molecule has 2 aromatic heterocycles. The topological polar surface area (TPSA) is 101 Å². The zero-order valence-corrected chi connectivity index (χ0v) is 20.2. The number of halogens is 1. The Kier molecular flexibility index (Phi) is 5.01. The van der Waals surface area contributed by atoms with Gasteiger partial charge in [0, 0.05) is 27.5 Å². The van der Waals surface area contributed by atoms with E-state index in [0.29, 0.717) is 22.7 Å². The number of ketones is 1. The third-order valence-electron chi connectivity index (χ3n) is 7.27. The summed E-state index contributed by atoms with van der Waals surface area (Å²) in [6.07, 6.45) is 1.75. The number of anilines is 3. The van der Waals surface area contributed by atoms with E-state index in [9.17, 15) is 14.0 Å². The first-order chi connectivity index (χ1) is 17.9. The first kappa shape index (κ1) is 22.7. The Labute approximate surface area is 211 Å². The van der Waals surface area contributed by atoms with Crippen LogP contribution >= 0.6 is 0 Å². The molecule has 0 saturated heterocycles. The zero-order valence-electron chi connectivity index (χ0n) is 20.2. The number of methoxy groups -OCH3 is 1. The number of para-hydroxylation sites is 1. The molecule has 1 aliphatic rings. The third-order valence-corrected chi connectivity index (χ3v) is 7.27. The number of nitrogens with two attached hydrogens (primary N) is 1. The Balaban J connectivity index is 1.59. The van der Waals surface area contributed by atoms with Gasteiger partial charge in [-0.2, -0.15) is 0 Å². The molecule has 5 aromatic rings. The maximum absolute atomic E-state index is 14.4.